The van der Waals surface area contributed by atoms with Gasteiger partial charge in [-0.1, -0.05) is 12.1 Å². The van der Waals surface area contributed by atoms with E-state index in [0.29, 0.717) is 23.6 Å². The molecule has 0 saturated carbocycles. The van der Waals surface area contributed by atoms with E-state index in [1.54, 1.807) is 24.3 Å². The number of benzene rings is 2. The van der Waals surface area contributed by atoms with Crippen molar-refractivity contribution in [1.29, 1.82) is 0 Å². The highest BCUT2D eigenvalue weighted by molar-refractivity contribution is 6.51. The standard InChI is InChI=1S/C25H21NO5/c1-14-5-6-15(2)18(12-14)26-22(20-4-3-10-30-20)21(24(28)25(26)29)23(27)17-7-8-19-16(13-17)9-11-31-19/h3-8,10,12-13,22,27H,9,11H2,1-2H3/b23-21-. The minimum absolute atomic E-state index is 0.0136. The van der Waals surface area contributed by atoms with Crippen molar-refractivity contribution in [3.8, 4) is 5.75 Å². The molecule has 2 aliphatic heterocycles. The molecule has 1 unspecified atom stereocenters. The van der Waals surface area contributed by atoms with E-state index in [4.69, 9.17) is 9.15 Å². The minimum Gasteiger partial charge on any atom is -0.507 e. The van der Waals surface area contributed by atoms with Gasteiger partial charge in [-0.15, -0.1) is 0 Å². The minimum atomic E-state index is -0.861. The van der Waals surface area contributed by atoms with Crippen LogP contribution in [-0.2, 0) is 16.0 Å². The number of carbonyl (C=O) groups excluding carboxylic acids is 2. The summed E-state index contributed by atoms with van der Waals surface area (Å²) < 4.78 is 11.1. The van der Waals surface area contributed by atoms with Gasteiger partial charge in [-0.3, -0.25) is 14.5 Å². The Balaban J connectivity index is 1.71. The zero-order valence-electron chi connectivity index (χ0n) is 17.2. The number of ketones is 1. The molecule has 1 fully saturated rings. The van der Waals surface area contributed by atoms with Gasteiger partial charge in [0.1, 0.15) is 23.3 Å². The van der Waals surface area contributed by atoms with Crippen LogP contribution in [0.5, 0.6) is 5.75 Å². The number of amides is 1. The van der Waals surface area contributed by atoms with Crippen LogP contribution in [-0.4, -0.2) is 23.4 Å². The molecule has 1 atom stereocenters. The fourth-order valence-corrected chi connectivity index (χ4v) is 4.27. The first kappa shape index (κ1) is 19.2. The lowest BCUT2D eigenvalue weighted by Crippen LogP contribution is -2.30. The number of fused-ring (bicyclic) bond motifs is 1. The molecule has 1 amide bonds. The van der Waals surface area contributed by atoms with Gasteiger partial charge < -0.3 is 14.3 Å². The van der Waals surface area contributed by atoms with Gasteiger partial charge in [-0.05, 0) is 66.9 Å². The third-order valence-electron chi connectivity index (χ3n) is 5.84. The topological polar surface area (TPSA) is 80.0 Å². The number of aryl methyl sites for hydroxylation is 2. The molecule has 31 heavy (non-hydrogen) atoms. The molecule has 0 spiro atoms. The van der Waals surface area contributed by atoms with Crippen LogP contribution < -0.4 is 9.64 Å². The second-order valence-corrected chi connectivity index (χ2v) is 7.90. The van der Waals surface area contributed by atoms with Crippen molar-refractivity contribution in [2.45, 2.75) is 26.3 Å². The van der Waals surface area contributed by atoms with E-state index in [1.807, 2.05) is 38.1 Å². The number of anilines is 1. The zero-order chi connectivity index (χ0) is 21.7. The number of hydrogen-bond acceptors (Lipinski definition) is 5. The van der Waals surface area contributed by atoms with E-state index >= 15 is 0 Å². The smallest absolute Gasteiger partial charge is 0.300 e. The van der Waals surface area contributed by atoms with Gasteiger partial charge in [-0.2, -0.15) is 0 Å². The van der Waals surface area contributed by atoms with Crippen molar-refractivity contribution in [3.63, 3.8) is 0 Å². The zero-order valence-corrected chi connectivity index (χ0v) is 17.2. The molecule has 3 heterocycles. The Kier molecular flexibility index (Phi) is 4.43. The number of hydrogen-bond donors (Lipinski definition) is 1. The van der Waals surface area contributed by atoms with Crippen LogP contribution in [0.15, 0.2) is 64.8 Å². The Labute approximate surface area is 179 Å². The maximum absolute atomic E-state index is 13.2. The molecule has 2 aromatic carbocycles. The van der Waals surface area contributed by atoms with E-state index in [9.17, 15) is 14.7 Å². The average Bonchev–Trinajstić information content (AvgIpc) is 3.50. The van der Waals surface area contributed by atoms with Gasteiger partial charge in [-0.25, -0.2) is 0 Å². The Morgan fingerprint density at radius 1 is 1.10 bits per heavy atom. The molecule has 1 N–H and O–H groups in total. The number of carbonyl (C=O) groups is 2. The monoisotopic (exact) mass is 415 g/mol. The number of ether oxygens (including phenoxy) is 1. The van der Waals surface area contributed by atoms with Gasteiger partial charge in [0.15, 0.2) is 0 Å². The Hall–Kier alpha value is -3.80. The number of nitrogens with zero attached hydrogens (tertiary/aromatic N) is 1. The van der Waals surface area contributed by atoms with E-state index in [0.717, 1.165) is 28.9 Å². The van der Waals surface area contributed by atoms with Crippen molar-refractivity contribution < 1.29 is 23.8 Å². The number of Topliss-reactive ketones (excluding diaryl/α,β-unsaturated/α-hetero) is 1. The summed E-state index contributed by atoms with van der Waals surface area (Å²) in [4.78, 5) is 27.8. The Morgan fingerprint density at radius 2 is 1.94 bits per heavy atom. The molecular weight excluding hydrogens is 394 g/mol. The highest BCUT2D eigenvalue weighted by Crippen LogP contribution is 2.43. The van der Waals surface area contributed by atoms with Crippen LogP contribution in [0.25, 0.3) is 5.76 Å². The molecule has 6 nitrogen and oxygen atoms in total. The van der Waals surface area contributed by atoms with Crippen molar-refractivity contribution in [2.24, 2.45) is 0 Å². The summed E-state index contributed by atoms with van der Waals surface area (Å²) in [6.45, 7) is 4.39. The van der Waals surface area contributed by atoms with Gasteiger partial charge in [0, 0.05) is 17.7 Å². The normalized spacial score (nSPS) is 19.5. The highest BCUT2D eigenvalue weighted by atomic mass is 16.5. The van der Waals surface area contributed by atoms with Crippen molar-refractivity contribution in [3.05, 3.63) is 88.4 Å². The molecule has 0 radical (unpaired) electrons. The average molecular weight is 415 g/mol. The summed E-state index contributed by atoms with van der Waals surface area (Å²) in [7, 11) is 0. The maximum Gasteiger partial charge on any atom is 0.300 e. The van der Waals surface area contributed by atoms with Crippen molar-refractivity contribution in [1.82, 2.24) is 0 Å². The highest BCUT2D eigenvalue weighted by Gasteiger charge is 2.48. The van der Waals surface area contributed by atoms with Crippen LogP contribution in [0.4, 0.5) is 5.69 Å². The van der Waals surface area contributed by atoms with Crippen molar-refractivity contribution in [2.75, 3.05) is 11.5 Å². The second-order valence-electron chi connectivity index (χ2n) is 7.90. The third-order valence-corrected chi connectivity index (χ3v) is 5.84. The number of furan rings is 1. The van der Waals surface area contributed by atoms with Gasteiger partial charge in [0.05, 0.1) is 18.4 Å². The van der Waals surface area contributed by atoms with Crippen LogP contribution in [0.2, 0.25) is 0 Å². The molecular formula is C25H21NO5. The summed E-state index contributed by atoms with van der Waals surface area (Å²) in [6, 6.07) is 13.5. The fraction of sp³-hybridized carbons (Fsp3) is 0.200. The largest absolute Gasteiger partial charge is 0.507 e. The Morgan fingerprint density at radius 3 is 2.71 bits per heavy atom. The first-order valence-corrected chi connectivity index (χ1v) is 10.1. The number of aliphatic hydroxyl groups excluding tert-OH is 1. The molecule has 156 valence electrons. The van der Waals surface area contributed by atoms with Gasteiger partial charge >= 0.3 is 0 Å². The summed E-state index contributed by atoms with van der Waals surface area (Å²) in [6.07, 6.45) is 2.22. The quantitative estimate of drug-likeness (QED) is 0.388. The molecule has 1 aromatic heterocycles. The SMILES string of the molecule is Cc1ccc(C)c(N2C(=O)C(=O)/C(=C(\O)c3ccc4c(c3)CCO4)C2c2ccco2)c1. The van der Waals surface area contributed by atoms with E-state index in [1.165, 1.54) is 11.2 Å². The lowest BCUT2D eigenvalue weighted by Gasteiger charge is -2.25. The van der Waals surface area contributed by atoms with E-state index in [2.05, 4.69) is 0 Å². The second kappa shape index (κ2) is 7.16. The Bertz CT molecular complexity index is 1240. The summed E-state index contributed by atoms with van der Waals surface area (Å²) >= 11 is 0. The van der Waals surface area contributed by atoms with Crippen molar-refractivity contribution >= 4 is 23.1 Å². The van der Waals surface area contributed by atoms with Gasteiger partial charge in [0.2, 0.25) is 0 Å². The lowest BCUT2D eigenvalue weighted by atomic mass is 9.97. The van der Waals surface area contributed by atoms with Crippen LogP contribution in [0.1, 0.15) is 34.1 Å². The predicted molar refractivity (Wildman–Crippen MR) is 115 cm³/mol. The van der Waals surface area contributed by atoms with Gasteiger partial charge in [0.25, 0.3) is 11.7 Å². The first-order chi connectivity index (χ1) is 15.0. The molecule has 0 bridgehead atoms. The predicted octanol–water partition coefficient (Wildman–Crippen LogP) is 4.46. The maximum atomic E-state index is 13.2. The number of rotatable bonds is 3. The number of aliphatic hydroxyl groups is 1. The molecule has 5 rings (SSSR count). The summed E-state index contributed by atoms with van der Waals surface area (Å²) in [5.41, 5.74) is 3.87. The van der Waals surface area contributed by atoms with Crippen LogP contribution in [0.3, 0.4) is 0 Å². The fourth-order valence-electron chi connectivity index (χ4n) is 4.27. The molecule has 2 aliphatic rings. The molecule has 3 aromatic rings. The lowest BCUT2D eigenvalue weighted by molar-refractivity contribution is -0.132. The first-order valence-electron chi connectivity index (χ1n) is 10.1. The summed E-state index contributed by atoms with van der Waals surface area (Å²) in [5.74, 6) is -0.471. The van der Waals surface area contributed by atoms with Crippen LogP contribution >= 0.6 is 0 Å². The van der Waals surface area contributed by atoms with Crippen LogP contribution in [0, 0.1) is 13.8 Å². The molecule has 0 aliphatic carbocycles. The third kappa shape index (κ3) is 3.03. The summed E-state index contributed by atoms with van der Waals surface area (Å²) in [5, 5.41) is 11.2. The van der Waals surface area contributed by atoms with E-state index < -0.39 is 17.7 Å². The molecule has 6 heteroatoms. The molecule has 1 saturated heterocycles. The van der Waals surface area contributed by atoms with E-state index in [-0.39, 0.29) is 11.3 Å².